The Labute approximate surface area is 119 Å². The molecule has 1 aromatic carbocycles. The Morgan fingerprint density at radius 2 is 1.95 bits per heavy atom. The van der Waals surface area contributed by atoms with E-state index < -0.39 is 15.6 Å². The van der Waals surface area contributed by atoms with E-state index >= 15 is 0 Å². The summed E-state index contributed by atoms with van der Waals surface area (Å²) in [6, 6.07) is 6.93. The van der Waals surface area contributed by atoms with Gasteiger partial charge in [0.25, 0.3) is 0 Å². The van der Waals surface area contributed by atoms with Crippen molar-refractivity contribution in [1.82, 2.24) is 4.72 Å². The molecule has 0 atom stereocenters. The molecule has 0 aromatic heterocycles. The standard InChI is InChI=1S/C13H18ClNO3S/c1-11-4-2-3-5-12(11)19(16,17)15-13(10-14)6-8-18-9-7-13/h2-5,15H,6-10H2,1H3. The predicted octanol–water partition coefficient (Wildman–Crippen LogP) is 2.06. The summed E-state index contributed by atoms with van der Waals surface area (Å²) in [5.74, 6) is 0.251. The van der Waals surface area contributed by atoms with Crippen LogP contribution >= 0.6 is 11.6 Å². The molecule has 0 radical (unpaired) electrons. The zero-order chi connectivity index (χ0) is 13.9. The van der Waals surface area contributed by atoms with E-state index in [0.29, 0.717) is 31.0 Å². The number of alkyl halides is 1. The summed E-state index contributed by atoms with van der Waals surface area (Å²) in [6.45, 7) is 2.85. The molecule has 1 aromatic rings. The first-order valence-corrected chi connectivity index (χ1v) is 8.24. The van der Waals surface area contributed by atoms with Crippen LogP contribution in [0.4, 0.5) is 0 Å². The van der Waals surface area contributed by atoms with Crippen LogP contribution < -0.4 is 4.72 Å². The minimum atomic E-state index is -3.55. The molecule has 0 aliphatic carbocycles. The van der Waals surface area contributed by atoms with Crippen molar-refractivity contribution in [1.29, 1.82) is 0 Å². The largest absolute Gasteiger partial charge is 0.381 e. The van der Waals surface area contributed by atoms with Gasteiger partial charge in [-0.15, -0.1) is 11.6 Å². The van der Waals surface area contributed by atoms with Gasteiger partial charge in [0.2, 0.25) is 10.0 Å². The minimum Gasteiger partial charge on any atom is -0.381 e. The van der Waals surface area contributed by atoms with Gasteiger partial charge in [-0.05, 0) is 31.4 Å². The van der Waals surface area contributed by atoms with Crippen LogP contribution in [0.5, 0.6) is 0 Å². The van der Waals surface area contributed by atoms with Gasteiger partial charge in [0.15, 0.2) is 0 Å². The molecule has 0 spiro atoms. The molecule has 0 amide bonds. The molecule has 106 valence electrons. The van der Waals surface area contributed by atoms with Gasteiger partial charge >= 0.3 is 0 Å². The smallest absolute Gasteiger partial charge is 0.241 e. The number of aryl methyl sites for hydroxylation is 1. The van der Waals surface area contributed by atoms with E-state index in [-0.39, 0.29) is 5.88 Å². The molecule has 0 bridgehead atoms. The lowest BCUT2D eigenvalue weighted by Gasteiger charge is -2.36. The molecule has 4 nitrogen and oxygen atoms in total. The number of nitrogens with one attached hydrogen (secondary N) is 1. The van der Waals surface area contributed by atoms with Gasteiger partial charge in [-0.3, -0.25) is 0 Å². The van der Waals surface area contributed by atoms with Crippen molar-refractivity contribution in [3.8, 4) is 0 Å². The summed E-state index contributed by atoms with van der Waals surface area (Å²) in [6.07, 6.45) is 1.20. The van der Waals surface area contributed by atoms with Crippen LogP contribution in [0.15, 0.2) is 29.2 Å². The maximum absolute atomic E-state index is 12.5. The van der Waals surface area contributed by atoms with E-state index in [1.165, 1.54) is 0 Å². The van der Waals surface area contributed by atoms with Crippen molar-refractivity contribution in [3.05, 3.63) is 29.8 Å². The number of benzene rings is 1. The number of hydrogen-bond acceptors (Lipinski definition) is 3. The van der Waals surface area contributed by atoms with Crippen molar-refractivity contribution in [2.45, 2.75) is 30.2 Å². The Balaban J connectivity index is 2.28. The van der Waals surface area contributed by atoms with E-state index in [0.717, 1.165) is 5.56 Å². The van der Waals surface area contributed by atoms with Gasteiger partial charge < -0.3 is 4.74 Å². The van der Waals surface area contributed by atoms with E-state index in [4.69, 9.17) is 16.3 Å². The SMILES string of the molecule is Cc1ccccc1S(=O)(=O)NC1(CCl)CCOCC1. The first-order chi connectivity index (χ1) is 8.99. The molecule has 1 fully saturated rings. The van der Waals surface area contributed by atoms with Crippen molar-refractivity contribution in [3.63, 3.8) is 0 Å². The zero-order valence-corrected chi connectivity index (χ0v) is 12.4. The Kier molecular flexibility index (Phi) is 4.50. The Hall–Kier alpha value is -0.620. The average Bonchev–Trinajstić information content (AvgIpc) is 2.39. The third-order valence-electron chi connectivity index (χ3n) is 3.44. The van der Waals surface area contributed by atoms with Crippen LogP contribution in [0.25, 0.3) is 0 Å². The average molecular weight is 304 g/mol. The first kappa shape index (κ1) is 14.8. The predicted molar refractivity (Wildman–Crippen MR) is 75.0 cm³/mol. The summed E-state index contributed by atoms with van der Waals surface area (Å²) >= 11 is 5.99. The molecule has 1 aliphatic heterocycles. The molecule has 6 heteroatoms. The number of ether oxygens (including phenoxy) is 1. The zero-order valence-electron chi connectivity index (χ0n) is 10.9. The summed E-state index contributed by atoms with van der Waals surface area (Å²) in [5, 5.41) is 0. The number of rotatable bonds is 4. The third kappa shape index (κ3) is 3.28. The molecular formula is C13H18ClNO3S. The van der Waals surface area contributed by atoms with Crippen molar-refractivity contribution < 1.29 is 13.2 Å². The van der Waals surface area contributed by atoms with Crippen LogP contribution in [-0.4, -0.2) is 33.1 Å². The highest BCUT2D eigenvalue weighted by Crippen LogP contribution is 2.25. The lowest BCUT2D eigenvalue weighted by molar-refractivity contribution is 0.0549. The highest BCUT2D eigenvalue weighted by molar-refractivity contribution is 7.89. The van der Waals surface area contributed by atoms with Crippen LogP contribution in [-0.2, 0) is 14.8 Å². The van der Waals surface area contributed by atoms with E-state index in [9.17, 15) is 8.42 Å². The molecule has 1 heterocycles. The molecule has 0 saturated carbocycles. The number of halogens is 1. The lowest BCUT2D eigenvalue weighted by atomic mass is 9.94. The topological polar surface area (TPSA) is 55.4 Å². The van der Waals surface area contributed by atoms with Gasteiger partial charge in [-0.25, -0.2) is 13.1 Å². The molecular weight excluding hydrogens is 286 g/mol. The molecule has 19 heavy (non-hydrogen) atoms. The Morgan fingerprint density at radius 1 is 1.32 bits per heavy atom. The van der Waals surface area contributed by atoms with Crippen LogP contribution in [0.3, 0.4) is 0 Å². The van der Waals surface area contributed by atoms with Gasteiger partial charge in [-0.1, -0.05) is 18.2 Å². The van der Waals surface area contributed by atoms with E-state index in [1.54, 1.807) is 25.1 Å². The normalized spacial score (nSPS) is 19.3. The molecule has 1 aliphatic rings. The summed E-state index contributed by atoms with van der Waals surface area (Å²) in [4.78, 5) is 0.311. The summed E-state index contributed by atoms with van der Waals surface area (Å²) in [5.41, 5.74) is 0.132. The number of sulfonamides is 1. The Bertz CT molecular complexity index is 539. The van der Waals surface area contributed by atoms with Gasteiger partial charge in [0.1, 0.15) is 0 Å². The van der Waals surface area contributed by atoms with Gasteiger partial charge in [-0.2, -0.15) is 0 Å². The fourth-order valence-electron chi connectivity index (χ4n) is 2.22. The maximum Gasteiger partial charge on any atom is 0.241 e. The second kappa shape index (κ2) is 5.79. The highest BCUT2D eigenvalue weighted by atomic mass is 35.5. The molecule has 1 saturated heterocycles. The molecule has 1 N–H and O–H groups in total. The first-order valence-electron chi connectivity index (χ1n) is 6.22. The van der Waals surface area contributed by atoms with Crippen LogP contribution in [0, 0.1) is 6.92 Å². The number of hydrogen-bond donors (Lipinski definition) is 1. The monoisotopic (exact) mass is 303 g/mol. The summed E-state index contributed by atoms with van der Waals surface area (Å²) < 4.78 is 33.0. The second-order valence-electron chi connectivity index (χ2n) is 4.90. The fraction of sp³-hybridized carbons (Fsp3) is 0.538. The maximum atomic E-state index is 12.5. The van der Waals surface area contributed by atoms with Crippen LogP contribution in [0.2, 0.25) is 0 Å². The van der Waals surface area contributed by atoms with Crippen molar-refractivity contribution in [2.24, 2.45) is 0 Å². The van der Waals surface area contributed by atoms with E-state index in [1.807, 2.05) is 6.07 Å². The summed E-state index contributed by atoms with van der Waals surface area (Å²) in [7, 11) is -3.55. The molecule has 0 unspecified atom stereocenters. The Morgan fingerprint density at radius 3 is 2.53 bits per heavy atom. The third-order valence-corrected chi connectivity index (χ3v) is 5.69. The second-order valence-corrected chi connectivity index (χ2v) is 6.82. The molecule has 2 rings (SSSR count). The lowest BCUT2D eigenvalue weighted by Crippen LogP contribution is -2.53. The minimum absolute atomic E-state index is 0.251. The van der Waals surface area contributed by atoms with Crippen LogP contribution in [0.1, 0.15) is 18.4 Å². The van der Waals surface area contributed by atoms with Gasteiger partial charge in [0.05, 0.1) is 10.4 Å². The highest BCUT2D eigenvalue weighted by Gasteiger charge is 2.36. The van der Waals surface area contributed by atoms with E-state index in [2.05, 4.69) is 4.72 Å². The fourth-order valence-corrected chi connectivity index (χ4v) is 4.34. The van der Waals surface area contributed by atoms with Crippen molar-refractivity contribution in [2.75, 3.05) is 19.1 Å². The van der Waals surface area contributed by atoms with Gasteiger partial charge in [0, 0.05) is 19.1 Å². The quantitative estimate of drug-likeness (QED) is 0.866. The van der Waals surface area contributed by atoms with Crippen molar-refractivity contribution >= 4 is 21.6 Å².